The standard InChI is InChI=1S/C43H58ClN3O4/c1-4-5-6-7-8-9-10-11-12-13-14-15-16-17-18-19-20-21-22-23-40(48)45-34-35-47-42(50)43(2,3)51-39-30-24-36(25-31-39)32-33-46-41(49)37-26-28-38(44)29-27-37/h5-6,8-9,11-12,14-15,17-18,20-21,24-31,42,47,50H,4,7,10,13,16,19,22-23,32-35H2,1-3H3,(H,45,48)(H,46,49)/b6-5-,9-8-,12-11-,15-14-,18-17-,21-20-. The van der Waals surface area contributed by atoms with E-state index in [9.17, 15) is 14.7 Å². The van der Waals surface area contributed by atoms with Crippen molar-refractivity contribution in [3.05, 3.63) is 138 Å². The molecule has 0 aliphatic rings. The van der Waals surface area contributed by atoms with Gasteiger partial charge < -0.3 is 20.5 Å². The van der Waals surface area contributed by atoms with E-state index in [4.69, 9.17) is 16.3 Å². The normalized spacial score (nSPS) is 13.0. The zero-order valence-corrected chi connectivity index (χ0v) is 31.4. The number of halogens is 1. The lowest BCUT2D eigenvalue weighted by Crippen LogP contribution is -2.52. The molecule has 8 heteroatoms. The second-order valence-electron chi connectivity index (χ2n) is 12.5. The zero-order chi connectivity index (χ0) is 37.0. The van der Waals surface area contributed by atoms with E-state index < -0.39 is 11.8 Å². The fourth-order valence-corrected chi connectivity index (χ4v) is 4.83. The van der Waals surface area contributed by atoms with E-state index >= 15 is 0 Å². The van der Waals surface area contributed by atoms with Crippen LogP contribution in [0.2, 0.25) is 5.02 Å². The van der Waals surface area contributed by atoms with Crippen molar-refractivity contribution in [3.8, 4) is 5.75 Å². The number of aliphatic hydroxyl groups is 1. The maximum Gasteiger partial charge on any atom is 0.251 e. The molecule has 0 spiro atoms. The number of amides is 2. The van der Waals surface area contributed by atoms with Crippen molar-refractivity contribution >= 4 is 23.4 Å². The summed E-state index contributed by atoms with van der Waals surface area (Å²) in [6, 6.07) is 14.4. The smallest absolute Gasteiger partial charge is 0.251 e. The van der Waals surface area contributed by atoms with Gasteiger partial charge in [0.25, 0.3) is 5.91 Å². The van der Waals surface area contributed by atoms with E-state index in [-0.39, 0.29) is 11.8 Å². The summed E-state index contributed by atoms with van der Waals surface area (Å²) in [5.41, 5.74) is 0.706. The van der Waals surface area contributed by atoms with Crippen LogP contribution in [0.5, 0.6) is 5.75 Å². The molecule has 0 saturated heterocycles. The van der Waals surface area contributed by atoms with Gasteiger partial charge in [0.15, 0.2) is 0 Å². The summed E-state index contributed by atoms with van der Waals surface area (Å²) in [6.07, 6.45) is 32.6. The molecule has 7 nitrogen and oxygen atoms in total. The molecule has 0 aliphatic carbocycles. The Morgan fingerprint density at radius 3 is 1.80 bits per heavy atom. The molecule has 0 fully saturated rings. The van der Waals surface area contributed by atoms with Crippen LogP contribution in [-0.2, 0) is 11.2 Å². The molecule has 2 amide bonds. The minimum atomic E-state index is -0.948. The number of rotatable bonds is 25. The summed E-state index contributed by atoms with van der Waals surface area (Å²) in [5, 5.41) is 20.1. The number of carbonyl (C=O) groups excluding carboxylic acids is 2. The van der Waals surface area contributed by atoms with E-state index in [1.54, 1.807) is 38.1 Å². The van der Waals surface area contributed by atoms with Gasteiger partial charge in [-0.05, 0) is 107 Å². The summed E-state index contributed by atoms with van der Waals surface area (Å²) in [6.45, 7) is 7.05. The van der Waals surface area contributed by atoms with Crippen LogP contribution in [0.25, 0.3) is 0 Å². The van der Waals surface area contributed by atoms with Crippen molar-refractivity contribution in [1.29, 1.82) is 0 Å². The van der Waals surface area contributed by atoms with Crippen LogP contribution >= 0.6 is 11.6 Å². The van der Waals surface area contributed by atoms with Crippen LogP contribution in [0.15, 0.2) is 121 Å². The summed E-state index contributed by atoms with van der Waals surface area (Å²) in [4.78, 5) is 24.5. The van der Waals surface area contributed by atoms with Gasteiger partial charge in [-0.1, -0.05) is 104 Å². The molecule has 0 radical (unpaired) electrons. The second-order valence-corrected chi connectivity index (χ2v) is 13.0. The van der Waals surface area contributed by atoms with E-state index in [0.717, 1.165) is 44.1 Å². The molecule has 1 atom stereocenters. The first-order chi connectivity index (χ1) is 24.7. The Bertz CT molecular complexity index is 1440. The van der Waals surface area contributed by atoms with Crippen LogP contribution in [0, 0.1) is 0 Å². The Kier molecular flexibility index (Phi) is 22.4. The summed E-state index contributed by atoms with van der Waals surface area (Å²) >= 11 is 5.89. The van der Waals surface area contributed by atoms with E-state index in [2.05, 4.69) is 89.7 Å². The highest BCUT2D eigenvalue weighted by Crippen LogP contribution is 2.21. The Hall–Kier alpha value is -4.17. The summed E-state index contributed by atoms with van der Waals surface area (Å²) in [5.74, 6) is 0.457. The highest BCUT2D eigenvalue weighted by molar-refractivity contribution is 6.30. The van der Waals surface area contributed by atoms with Gasteiger partial charge in [-0.2, -0.15) is 0 Å². The molecule has 0 aromatic heterocycles. The molecular formula is C43H58ClN3O4. The number of hydrogen-bond donors (Lipinski definition) is 4. The summed E-state index contributed by atoms with van der Waals surface area (Å²) < 4.78 is 6.05. The van der Waals surface area contributed by atoms with Gasteiger partial charge in [0.2, 0.25) is 5.91 Å². The van der Waals surface area contributed by atoms with Crippen molar-refractivity contribution < 1.29 is 19.4 Å². The SMILES string of the molecule is CC/C=C\C/C=C\C/C=C\C/C=C\C/C=C\C/C=C\CCC(=O)NCCNC(O)C(C)(C)Oc1ccc(CCNC(=O)c2ccc(Cl)cc2)cc1. The lowest BCUT2D eigenvalue weighted by atomic mass is 10.1. The van der Waals surface area contributed by atoms with Crippen molar-refractivity contribution in [1.82, 2.24) is 16.0 Å². The molecule has 2 aromatic rings. The molecular weight excluding hydrogens is 658 g/mol. The second kappa shape index (κ2) is 26.6. The topological polar surface area (TPSA) is 99.7 Å². The molecule has 4 N–H and O–H groups in total. The molecule has 0 bridgehead atoms. The predicted molar refractivity (Wildman–Crippen MR) is 213 cm³/mol. The number of benzene rings is 2. The minimum absolute atomic E-state index is 0.0223. The van der Waals surface area contributed by atoms with Crippen LogP contribution in [0.3, 0.4) is 0 Å². The van der Waals surface area contributed by atoms with E-state index in [0.29, 0.717) is 55.2 Å². The van der Waals surface area contributed by atoms with Gasteiger partial charge in [0.05, 0.1) is 0 Å². The molecule has 2 rings (SSSR count). The first-order valence-corrected chi connectivity index (χ1v) is 18.5. The fourth-order valence-electron chi connectivity index (χ4n) is 4.71. The van der Waals surface area contributed by atoms with Crippen molar-refractivity contribution in [3.63, 3.8) is 0 Å². The van der Waals surface area contributed by atoms with Crippen molar-refractivity contribution in [2.45, 2.75) is 90.4 Å². The molecule has 2 aromatic carbocycles. The van der Waals surface area contributed by atoms with Crippen LogP contribution < -0.4 is 20.7 Å². The number of hydrogen-bond acceptors (Lipinski definition) is 5. The monoisotopic (exact) mass is 715 g/mol. The Morgan fingerprint density at radius 1 is 0.725 bits per heavy atom. The molecule has 0 saturated carbocycles. The largest absolute Gasteiger partial charge is 0.484 e. The Balaban J connectivity index is 1.51. The van der Waals surface area contributed by atoms with Gasteiger partial charge >= 0.3 is 0 Å². The van der Waals surface area contributed by atoms with Crippen molar-refractivity contribution in [2.24, 2.45) is 0 Å². The highest BCUT2D eigenvalue weighted by atomic mass is 35.5. The number of ether oxygens (including phenoxy) is 1. The zero-order valence-electron chi connectivity index (χ0n) is 30.7. The molecule has 1 unspecified atom stereocenters. The quantitative estimate of drug-likeness (QED) is 0.0467. The highest BCUT2D eigenvalue weighted by Gasteiger charge is 2.29. The van der Waals surface area contributed by atoms with Gasteiger partial charge in [-0.25, -0.2) is 0 Å². The number of nitrogens with one attached hydrogen (secondary N) is 3. The third-order valence-electron chi connectivity index (χ3n) is 7.69. The number of carbonyl (C=O) groups is 2. The van der Waals surface area contributed by atoms with E-state index in [1.807, 2.05) is 30.3 Å². The maximum absolute atomic E-state index is 12.3. The first kappa shape index (κ1) is 43.0. The van der Waals surface area contributed by atoms with Crippen LogP contribution in [0.1, 0.15) is 88.1 Å². The number of aliphatic hydroxyl groups excluding tert-OH is 1. The van der Waals surface area contributed by atoms with E-state index in [1.165, 1.54) is 0 Å². The molecule has 51 heavy (non-hydrogen) atoms. The number of allylic oxidation sites excluding steroid dienone is 12. The fraction of sp³-hybridized carbons (Fsp3) is 0.395. The molecule has 276 valence electrons. The Labute approximate surface area is 311 Å². The molecule has 0 heterocycles. The third kappa shape index (κ3) is 20.9. The lowest BCUT2D eigenvalue weighted by Gasteiger charge is -2.32. The maximum atomic E-state index is 12.3. The van der Waals surface area contributed by atoms with Gasteiger partial charge in [-0.3, -0.25) is 14.9 Å². The van der Waals surface area contributed by atoms with Gasteiger partial charge in [0.1, 0.15) is 17.6 Å². The summed E-state index contributed by atoms with van der Waals surface area (Å²) in [7, 11) is 0. The molecule has 0 aliphatic heterocycles. The van der Waals surface area contributed by atoms with Crippen LogP contribution in [0.4, 0.5) is 0 Å². The lowest BCUT2D eigenvalue weighted by molar-refractivity contribution is -0.121. The van der Waals surface area contributed by atoms with Gasteiger partial charge in [0, 0.05) is 36.6 Å². The third-order valence-corrected chi connectivity index (χ3v) is 7.94. The first-order valence-electron chi connectivity index (χ1n) is 18.1. The average molecular weight is 716 g/mol. The van der Waals surface area contributed by atoms with Crippen molar-refractivity contribution in [2.75, 3.05) is 19.6 Å². The average Bonchev–Trinajstić information content (AvgIpc) is 3.11. The van der Waals surface area contributed by atoms with Crippen LogP contribution in [-0.4, -0.2) is 48.4 Å². The predicted octanol–water partition coefficient (Wildman–Crippen LogP) is 8.97. The van der Waals surface area contributed by atoms with Gasteiger partial charge in [-0.15, -0.1) is 0 Å². The minimum Gasteiger partial charge on any atom is -0.484 e. The Morgan fingerprint density at radius 2 is 1.25 bits per heavy atom.